The highest BCUT2D eigenvalue weighted by molar-refractivity contribution is 9.10. The van der Waals surface area contributed by atoms with Gasteiger partial charge in [0.2, 0.25) is 0 Å². The molecule has 6 nitrogen and oxygen atoms in total. The molecule has 0 spiro atoms. The average Bonchev–Trinajstić information content (AvgIpc) is 2.72. The third-order valence-electron chi connectivity index (χ3n) is 4.92. The van der Waals surface area contributed by atoms with Crippen LogP contribution in [-0.2, 0) is 4.57 Å². The SMILES string of the molecule is Cc1cccc(OP(=O)(N/N=C\c2cc(Br)ccc2O)Oc2cccc(C)c2C)c1C. The number of nitrogens with one attached hydrogen (secondary N) is 1. The molecule has 2 N–H and O–H groups in total. The molecule has 0 aliphatic heterocycles. The van der Waals surface area contributed by atoms with Crippen molar-refractivity contribution < 1.29 is 18.7 Å². The Morgan fingerprint density at radius 3 is 2.03 bits per heavy atom. The summed E-state index contributed by atoms with van der Waals surface area (Å²) in [5.74, 6) is 0.901. The van der Waals surface area contributed by atoms with Crippen molar-refractivity contribution in [3.05, 3.63) is 86.9 Å². The molecule has 0 aromatic heterocycles. The molecule has 0 fully saturated rings. The number of halogens is 1. The molecule has 31 heavy (non-hydrogen) atoms. The van der Waals surface area contributed by atoms with E-state index in [1.165, 1.54) is 12.3 Å². The third kappa shape index (κ3) is 5.69. The summed E-state index contributed by atoms with van der Waals surface area (Å²) in [5.41, 5.74) is 4.13. The van der Waals surface area contributed by atoms with E-state index in [2.05, 4.69) is 26.2 Å². The van der Waals surface area contributed by atoms with E-state index in [9.17, 15) is 9.67 Å². The molecule has 0 radical (unpaired) electrons. The van der Waals surface area contributed by atoms with Crippen LogP contribution < -0.4 is 14.2 Å². The van der Waals surface area contributed by atoms with Crippen molar-refractivity contribution in [2.75, 3.05) is 0 Å². The minimum Gasteiger partial charge on any atom is -0.507 e. The molecule has 8 heteroatoms. The minimum absolute atomic E-state index is 0.0366. The molecule has 0 bridgehead atoms. The van der Waals surface area contributed by atoms with Crippen LogP contribution in [0.25, 0.3) is 0 Å². The van der Waals surface area contributed by atoms with Gasteiger partial charge in [-0.1, -0.05) is 40.2 Å². The first-order valence-electron chi connectivity index (χ1n) is 9.59. The highest BCUT2D eigenvalue weighted by Crippen LogP contribution is 2.47. The number of hydrogen-bond acceptors (Lipinski definition) is 5. The molecule has 0 saturated heterocycles. The normalized spacial score (nSPS) is 11.5. The lowest BCUT2D eigenvalue weighted by Crippen LogP contribution is -2.15. The molecule has 162 valence electrons. The summed E-state index contributed by atoms with van der Waals surface area (Å²) in [6, 6.07) is 15.9. The lowest BCUT2D eigenvalue weighted by atomic mass is 10.1. The number of phenols is 1. The van der Waals surface area contributed by atoms with Crippen molar-refractivity contribution in [1.82, 2.24) is 5.20 Å². The first kappa shape index (κ1) is 22.9. The molecule has 0 saturated carbocycles. The molecule has 0 aliphatic carbocycles. The number of phenolic OH excluding ortho intramolecular Hbond substituents is 1. The van der Waals surface area contributed by atoms with Gasteiger partial charge in [0.15, 0.2) is 0 Å². The van der Waals surface area contributed by atoms with E-state index < -0.39 is 7.75 Å². The lowest BCUT2D eigenvalue weighted by Gasteiger charge is -2.21. The summed E-state index contributed by atoms with van der Waals surface area (Å²) in [4.78, 5) is 0. The second kappa shape index (κ2) is 9.58. The highest BCUT2D eigenvalue weighted by atomic mass is 79.9. The zero-order valence-electron chi connectivity index (χ0n) is 17.7. The molecule has 0 amide bonds. The smallest absolute Gasteiger partial charge is 0.507 e. The Morgan fingerprint density at radius 2 is 1.48 bits per heavy atom. The largest absolute Gasteiger partial charge is 0.557 e. The number of nitrogens with zero attached hydrogens (tertiary/aromatic N) is 1. The molecule has 0 heterocycles. The van der Waals surface area contributed by atoms with Gasteiger partial charge in [0.1, 0.15) is 17.2 Å². The van der Waals surface area contributed by atoms with E-state index in [-0.39, 0.29) is 5.75 Å². The monoisotopic (exact) mass is 502 g/mol. The average molecular weight is 503 g/mol. The summed E-state index contributed by atoms with van der Waals surface area (Å²) in [6.07, 6.45) is 1.35. The second-order valence-electron chi connectivity index (χ2n) is 7.14. The maximum atomic E-state index is 13.7. The van der Waals surface area contributed by atoms with Gasteiger partial charge in [-0.15, -0.1) is 0 Å². The van der Waals surface area contributed by atoms with Crippen LogP contribution in [0.2, 0.25) is 0 Å². The fourth-order valence-electron chi connectivity index (χ4n) is 2.76. The molecule has 3 aromatic carbocycles. The summed E-state index contributed by atoms with van der Waals surface area (Å²) < 4.78 is 26.1. The van der Waals surface area contributed by atoms with Crippen molar-refractivity contribution in [1.29, 1.82) is 0 Å². The number of benzene rings is 3. The molecule has 0 atom stereocenters. The summed E-state index contributed by atoms with van der Waals surface area (Å²) in [5, 5.41) is 16.6. The van der Waals surface area contributed by atoms with Gasteiger partial charge in [0, 0.05) is 10.0 Å². The quantitative estimate of drug-likeness (QED) is 0.216. The highest BCUT2D eigenvalue weighted by Gasteiger charge is 2.30. The Hall–Kier alpha value is -2.76. The Labute approximate surface area is 190 Å². The van der Waals surface area contributed by atoms with Crippen molar-refractivity contribution in [2.24, 2.45) is 5.10 Å². The Balaban J connectivity index is 1.94. The van der Waals surface area contributed by atoms with Crippen LogP contribution in [0.3, 0.4) is 0 Å². The van der Waals surface area contributed by atoms with Gasteiger partial charge in [-0.2, -0.15) is 10.3 Å². The maximum Gasteiger partial charge on any atom is 0.557 e. The topological polar surface area (TPSA) is 80.2 Å². The van der Waals surface area contributed by atoms with Crippen molar-refractivity contribution in [2.45, 2.75) is 27.7 Å². The zero-order chi connectivity index (χ0) is 22.6. The number of hydrogen-bond donors (Lipinski definition) is 2. The van der Waals surface area contributed by atoms with Gasteiger partial charge in [-0.25, -0.2) is 4.57 Å². The summed E-state index contributed by atoms with van der Waals surface area (Å²) >= 11 is 3.35. The molecular weight excluding hydrogens is 479 g/mol. The standard InChI is InChI=1S/C23H24BrN2O4P/c1-15-7-5-9-22(17(15)3)29-31(28,30-23-10-6-8-16(2)18(23)4)26-25-14-19-13-20(24)11-12-21(19)27/h5-14,27H,1-4H3,(H,26,28)/b25-14-. The van der Waals surface area contributed by atoms with Crippen LogP contribution in [-0.4, -0.2) is 11.3 Å². The Bertz CT molecular complexity index is 1120. The lowest BCUT2D eigenvalue weighted by molar-refractivity contribution is 0.370. The van der Waals surface area contributed by atoms with E-state index in [1.54, 1.807) is 24.3 Å². The molecule has 0 aliphatic rings. The van der Waals surface area contributed by atoms with Crippen molar-refractivity contribution >= 4 is 29.9 Å². The fourth-order valence-corrected chi connectivity index (χ4v) is 4.37. The number of rotatable bonds is 7. The van der Waals surface area contributed by atoms with Crippen LogP contribution in [0.4, 0.5) is 0 Å². The Kier molecular flexibility index (Phi) is 7.08. The first-order chi connectivity index (χ1) is 14.7. The van der Waals surface area contributed by atoms with Crippen molar-refractivity contribution in [3.8, 4) is 17.2 Å². The van der Waals surface area contributed by atoms with Crippen LogP contribution in [0.15, 0.2) is 64.2 Å². The molecule has 3 rings (SSSR count). The van der Waals surface area contributed by atoms with Gasteiger partial charge in [-0.3, -0.25) is 0 Å². The Morgan fingerprint density at radius 1 is 0.935 bits per heavy atom. The third-order valence-corrected chi connectivity index (χ3v) is 6.65. The van der Waals surface area contributed by atoms with Gasteiger partial charge in [0.25, 0.3) is 0 Å². The van der Waals surface area contributed by atoms with E-state index >= 15 is 0 Å². The zero-order valence-corrected chi connectivity index (χ0v) is 20.2. The molecule has 0 unspecified atom stereocenters. The van der Waals surface area contributed by atoms with E-state index in [0.29, 0.717) is 17.1 Å². The fraction of sp³-hybridized carbons (Fsp3) is 0.174. The first-order valence-corrected chi connectivity index (χ1v) is 11.9. The molecular formula is C23H24BrN2O4P. The maximum absolute atomic E-state index is 13.7. The summed E-state index contributed by atoms with van der Waals surface area (Å²) in [7, 11) is -3.96. The van der Waals surface area contributed by atoms with E-state index in [4.69, 9.17) is 9.05 Å². The molecule has 3 aromatic rings. The second-order valence-corrected chi connectivity index (χ2v) is 9.61. The van der Waals surface area contributed by atoms with Gasteiger partial charge in [-0.05, 0) is 80.3 Å². The van der Waals surface area contributed by atoms with Crippen LogP contribution >= 0.6 is 23.7 Å². The predicted octanol–water partition coefficient (Wildman–Crippen LogP) is 6.58. The summed E-state index contributed by atoms with van der Waals surface area (Å²) in [6.45, 7) is 7.66. The number of aromatic hydroxyl groups is 1. The number of hydrazone groups is 1. The van der Waals surface area contributed by atoms with Crippen LogP contribution in [0, 0.1) is 27.7 Å². The van der Waals surface area contributed by atoms with Crippen LogP contribution in [0.5, 0.6) is 17.2 Å². The van der Waals surface area contributed by atoms with E-state index in [1.807, 2.05) is 52.0 Å². The van der Waals surface area contributed by atoms with Crippen molar-refractivity contribution in [3.63, 3.8) is 0 Å². The van der Waals surface area contributed by atoms with Gasteiger partial charge < -0.3 is 14.2 Å². The van der Waals surface area contributed by atoms with Crippen LogP contribution in [0.1, 0.15) is 27.8 Å². The van der Waals surface area contributed by atoms with E-state index in [0.717, 1.165) is 26.7 Å². The van der Waals surface area contributed by atoms with Gasteiger partial charge in [0.05, 0.1) is 6.21 Å². The number of aryl methyl sites for hydroxylation is 2. The predicted molar refractivity (Wildman–Crippen MR) is 127 cm³/mol. The van der Waals surface area contributed by atoms with Gasteiger partial charge >= 0.3 is 7.75 Å². The minimum atomic E-state index is -3.96.